The predicted octanol–water partition coefficient (Wildman–Crippen LogP) is 4.43. The molecule has 0 bridgehead atoms. The molecule has 25 heavy (non-hydrogen) atoms. The summed E-state index contributed by atoms with van der Waals surface area (Å²) in [5.41, 5.74) is 2.71. The van der Waals surface area contributed by atoms with E-state index in [1.807, 2.05) is 30.3 Å². The number of aliphatic carboxylic acids is 1. The molecular formula is C21H18N2O2. The maximum atomic E-state index is 11.4. The quantitative estimate of drug-likeness (QED) is 0.768. The van der Waals surface area contributed by atoms with E-state index in [1.54, 1.807) is 38.4 Å². The number of hydrogen-bond acceptors (Lipinski definition) is 3. The Morgan fingerprint density at radius 3 is 2.52 bits per heavy atom. The number of pyridine rings is 1. The molecule has 0 spiro atoms. The van der Waals surface area contributed by atoms with E-state index in [0.717, 1.165) is 27.5 Å². The highest BCUT2D eigenvalue weighted by Crippen LogP contribution is 2.30. The van der Waals surface area contributed by atoms with Gasteiger partial charge in [-0.2, -0.15) is 5.26 Å². The van der Waals surface area contributed by atoms with Crippen LogP contribution < -0.4 is 0 Å². The fourth-order valence-electron chi connectivity index (χ4n) is 2.86. The first-order valence-electron chi connectivity index (χ1n) is 8.01. The summed E-state index contributed by atoms with van der Waals surface area (Å²) in [6.07, 6.45) is 4.05. The summed E-state index contributed by atoms with van der Waals surface area (Å²) in [5, 5.41) is 20.3. The van der Waals surface area contributed by atoms with Gasteiger partial charge in [0, 0.05) is 23.3 Å². The van der Waals surface area contributed by atoms with E-state index in [4.69, 9.17) is 5.26 Å². The van der Waals surface area contributed by atoms with Crippen molar-refractivity contribution in [2.45, 2.75) is 20.3 Å². The average molecular weight is 330 g/mol. The lowest BCUT2D eigenvalue weighted by Gasteiger charge is -2.19. The highest BCUT2D eigenvalue weighted by molar-refractivity contribution is 5.96. The van der Waals surface area contributed by atoms with Crippen molar-refractivity contribution < 1.29 is 9.90 Å². The molecular weight excluding hydrogens is 312 g/mol. The van der Waals surface area contributed by atoms with Crippen molar-refractivity contribution in [3.8, 4) is 17.2 Å². The second-order valence-corrected chi connectivity index (χ2v) is 6.80. The molecule has 2 aromatic carbocycles. The Hall–Kier alpha value is -3.19. The molecule has 1 aromatic heterocycles. The molecule has 3 rings (SSSR count). The molecule has 0 radical (unpaired) electrons. The van der Waals surface area contributed by atoms with Crippen LogP contribution in [0.4, 0.5) is 0 Å². The van der Waals surface area contributed by atoms with E-state index in [-0.39, 0.29) is 0 Å². The first-order chi connectivity index (χ1) is 11.9. The summed E-state index contributed by atoms with van der Waals surface area (Å²) < 4.78 is 0. The van der Waals surface area contributed by atoms with Crippen LogP contribution in [0.25, 0.3) is 21.9 Å². The number of hydrogen-bond donors (Lipinski definition) is 1. The van der Waals surface area contributed by atoms with Crippen LogP contribution in [-0.2, 0) is 11.2 Å². The normalized spacial score (nSPS) is 11.2. The maximum Gasteiger partial charge on any atom is 0.309 e. The topological polar surface area (TPSA) is 74.0 Å². The van der Waals surface area contributed by atoms with Gasteiger partial charge in [0.05, 0.1) is 17.0 Å². The molecule has 4 heteroatoms. The molecule has 0 aliphatic carbocycles. The molecule has 4 nitrogen and oxygen atoms in total. The van der Waals surface area contributed by atoms with Gasteiger partial charge in [-0.3, -0.25) is 9.78 Å². The Kier molecular flexibility index (Phi) is 4.24. The Morgan fingerprint density at radius 2 is 1.88 bits per heavy atom. The molecule has 0 fully saturated rings. The molecule has 3 aromatic rings. The van der Waals surface area contributed by atoms with Crippen molar-refractivity contribution in [2.24, 2.45) is 5.41 Å². The summed E-state index contributed by atoms with van der Waals surface area (Å²) in [4.78, 5) is 15.7. The largest absolute Gasteiger partial charge is 0.481 e. The second-order valence-electron chi connectivity index (χ2n) is 6.80. The van der Waals surface area contributed by atoms with Crippen LogP contribution in [0.1, 0.15) is 25.0 Å². The number of carboxylic acids is 1. The molecule has 0 atom stereocenters. The monoisotopic (exact) mass is 330 g/mol. The Balaban J connectivity index is 2.09. The van der Waals surface area contributed by atoms with E-state index >= 15 is 0 Å². The van der Waals surface area contributed by atoms with Gasteiger partial charge in [-0.15, -0.1) is 0 Å². The number of rotatable bonds is 4. The molecule has 0 saturated heterocycles. The summed E-state index contributed by atoms with van der Waals surface area (Å²) >= 11 is 0. The molecule has 1 N–H and O–H groups in total. The third kappa shape index (κ3) is 3.36. The predicted molar refractivity (Wildman–Crippen MR) is 97.0 cm³/mol. The number of nitrogens with zero attached hydrogens (tertiary/aromatic N) is 2. The van der Waals surface area contributed by atoms with Crippen molar-refractivity contribution >= 4 is 16.7 Å². The molecule has 0 saturated carbocycles. The van der Waals surface area contributed by atoms with Crippen LogP contribution >= 0.6 is 0 Å². The Morgan fingerprint density at radius 1 is 1.16 bits per heavy atom. The highest BCUT2D eigenvalue weighted by atomic mass is 16.4. The number of carbonyl (C=O) groups is 1. The lowest BCUT2D eigenvalue weighted by molar-refractivity contribution is -0.146. The number of carboxylic acid groups (broad SMARTS) is 1. The lowest BCUT2D eigenvalue weighted by atomic mass is 9.85. The highest BCUT2D eigenvalue weighted by Gasteiger charge is 2.27. The molecule has 0 aliphatic heterocycles. The van der Waals surface area contributed by atoms with Gasteiger partial charge < -0.3 is 5.11 Å². The van der Waals surface area contributed by atoms with Gasteiger partial charge in [0.1, 0.15) is 0 Å². The van der Waals surface area contributed by atoms with Crippen molar-refractivity contribution in [2.75, 3.05) is 0 Å². The summed E-state index contributed by atoms with van der Waals surface area (Å²) in [6.45, 7) is 3.46. The van der Waals surface area contributed by atoms with Crippen LogP contribution in [0.3, 0.4) is 0 Å². The van der Waals surface area contributed by atoms with Crippen LogP contribution in [0.15, 0.2) is 54.9 Å². The van der Waals surface area contributed by atoms with Crippen LogP contribution in [0, 0.1) is 16.7 Å². The number of fused-ring (bicyclic) bond motifs is 1. The van der Waals surface area contributed by atoms with Crippen LogP contribution in [0.2, 0.25) is 0 Å². The number of aromatic nitrogens is 1. The Bertz CT molecular complexity index is 983. The molecule has 0 aliphatic rings. The van der Waals surface area contributed by atoms with Gasteiger partial charge in [0.2, 0.25) is 0 Å². The summed E-state index contributed by atoms with van der Waals surface area (Å²) in [7, 11) is 0. The first kappa shape index (κ1) is 16.7. The van der Waals surface area contributed by atoms with Gasteiger partial charge in [-0.1, -0.05) is 30.3 Å². The van der Waals surface area contributed by atoms with Gasteiger partial charge in [0.25, 0.3) is 0 Å². The summed E-state index contributed by atoms with van der Waals surface area (Å²) in [6, 6.07) is 15.5. The van der Waals surface area contributed by atoms with E-state index < -0.39 is 11.4 Å². The van der Waals surface area contributed by atoms with Gasteiger partial charge >= 0.3 is 5.97 Å². The van der Waals surface area contributed by atoms with Crippen molar-refractivity contribution in [1.82, 2.24) is 4.98 Å². The number of nitriles is 1. The smallest absolute Gasteiger partial charge is 0.309 e. The second kappa shape index (κ2) is 6.37. The zero-order valence-corrected chi connectivity index (χ0v) is 14.2. The van der Waals surface area contributed by atoms with Crippen molar-refractivity contribution in [3.63, 3.8) is 0 Å². The summed E-state index contributed by atoms with van der Waals surface area (Å²) in [5.74, 6) is -0.811. The molecule has 0 amide bonds. The third-order valence-electron chi connectivity index (χ3n) is 4.38. The fourth-order valence-corrected chi connectivity index (χ4v) is 2.86. The molecule has 124 valence electrons. The van der Waals surface area contributed by atoms with E-state index in [9.17, 15) is 9.90 Å². The van der Waals surface area contributed by atoms with Gasteiger partial charge in [0.15, 0.2) is 0 Å². The van der Waals surface area contributed by atoms with E-state index in [2.05, 4.69) is 11.1 Å². The molecule has 0 unspecified atom stereocenters. The van der Waals surface area contributed by atoms with Crippen LogP contribution in [-0.4, -0.2) is 16.1 Å². The number of benzene rings is 2. The minimum Gasteiger partial charge on any atom is -0.481 e. The fraction of sp³-hybridized carbons (Fsp3) is 0.190. The van der Waals surface area contributed by atoms with Crippen LogP contribution in [0.5, 0.6) is 0 Å². The van der Waals surface area contributed by atoms with E-state index in [0.29, 0.717) is 12.0 Å². The van der Waals surface area contributed by atoms with Crippen molar-refractivity contribution in [1.29, 1.82) is 5.26 Å². The lowest BCUT2D eigenvalue weighted by Crippen LogP contribution is -2.26. The zero-order valence-electron chi connectivity index (χ0n) is 14.2. The van der Waals surface area contributed by atoms with Crippen molar-refractivity contribution in [3.05, 3.63) is 66.0 Å². The van der Waals surface area contributed by atoms with Gasteiger partial charge in [-0.25, -0.2) is 0 Å². The average Bonchev–Trinajstić information content (AvgIpc) is 2.61. The molecule has 1 heterocycles. The first-order valence-corrected chi connectivity index (χ1v) is 8.01. The third-order valence-corrected chi connectivity index (χ3v) is 4.38. The minimum absolute atomic E-state index is 0.452. The Labute approximate surface area is 146 Å². The minimum atomic E-state index is -0.824. The van der Waals surface area contributed by atoms with Gasteiger partial charge in [-0.05, 0) is 48.9 Å². The SMILES string of the molecule is CC(C)(Cc1ccc2cncc(-c3ccc(C#N)cc3)c2c1)C(=O)O. The zero-order chi connectivity index (χ0) is 18.0. The maximum absolute atomic E-state index is 11.4. The van der Waals surface area contributed by atoms with E-state index in [1.165, 1.54) is 0 Å². The standard InChI is InChI=1S/C21H18N2O2/c1-21(2,20(24)25)10-15-5-8-17-12-23-13-19(18(17)9-15)16-6-3-14(11-22)4-7-16/h3-9,12-13H,10H2,1-2H3,(H,24,25).